The van der Waals surface area contributed by atoms with Crippen molar-refractivity contribution >= 4 is 24.2 Å². The Bertz CT molecular complexity index is 228. The molecule has 2 nitrogen and oxygen atoms in total. The quantitative estimate of drug-likeness (QED) is 0.659. The molecule has 1 aliphatic heterocycles. The van der Waals surface area contributed by atoms with Gasteiger partial charge < -0.3 is 0 Å². The molecule has 0 fully saturated rings. The molecule has 1 unspecified atom stereocenters. The molecular weight excluding hydrogens is 211 g/mol. The fraction of sp³-hybridized carbons (Fsp3) is 0. The van der Waals surface area contributed by atoms with E-state index in [1.165, 1.54) is 10.0 Å². The van der Waals surface area contributed by atoms with Crippen molar-refractivity contribution < 1.29 is 7.82 Å². The summed E-state index contributed by atoms with van der Waals surface area (Å²) >= 11 is -1.98. The second kappa shape index (κ2) is 2.50. The van der Waals surface area contributed by atoms with Gasteiger partial charge in [-0.2, -0.15) is 0 Å². The average Bonchev–Trinajstić information content (AvgIpc) is 2.27. The van der Waals surface area contributed by atoms with Crippen LogP contribution < -0.4 is 3.73 Å². The van der Waals surface area contributed by atoms with Crippen molar-refractivity contribution in [1.29, 1.82) is 0 Å². The maximum absolute atomic E-state index is 9.14. The Balaban J connectivity index is 2.42. The molecule has 0 amide bonds. The Morgan fingerprint density at radius 1 is 1.40 bits per heavy atom. The Hall–Kier alpha value is -0.112. The van der Waals surface area contributed by atoms with Crippen LogP contribution in [0.3, 0.4) is 0 Å². The minimum absolute atomic E-state index is 0.843. The van der Waals surface area contributed by atoms with Gasteiger partial charge in [0.25, 0.3) is 0 Å². The van der Waals surface area contributed by atoms with Gasteiger partial charge in [-0.3, -0.25) is 0 Å². The van der Waals surface area contributed by atoms with Crippen LogP contribution in [-0.4, -0.2) is 18.3 Å². The number of para-hydroxylation sites is 1. The third kappa shape index (κ3) is 1.05. The van der Waals surface area contributed by atoms with Gasteiger partial charge >= 0.3 is 66.9 Å². The van der Waals surface area contributed by atoms with E-state index in [1.807, 2.05) is 24.3 Å². The summed E-state index contributed by atoms with van der Waals surface area (Å²) in [6.07, 6.45) is 0. The van der Waals surface area contributed by atoms with Gasteiger partial charge in [0.1, 0.15) is 0 Å². The average molecular weight is 216 g/mol. The van der Waals surface area contributed by atoms with E-state index in [9.17, 15) is 0 Å². The van der Waals surface area contributed by atoms with E-state index in [4.69, 9.17) is 7.82 Å². The normalized spacial score (nSPS) is 21.9. The standard InChI is InChI=1S/C6H5AsO2S/c8-7-9-5-3-1-2-4-6(5)10-7/h1-4,8H. The van der Waals surface area contributed by atoms with Crippen molar-refractivity contribution in [3.63, 3.8) is 0 Å². The summed E-state index contributed by atoms with van der Waals surface area (Å²) in [5, 5.41) is 0. The minimum atomic E-state index is -1.98. The van der Waals surface area contributed by atoms with Crippen molar-refractivity contribution in [3.8, 4) is 5.75 Å². The zero-order valence-electron chi connectivity index (χ0n) is 5.02. The molecule has 0 aliphatic carbocycles. The first-order valence-electron chi connectivity index (χ1n) is 2.80. The predicted molar refractivity (Wildman–Crippen MR) is 40.9 cm³/mol. The summed E-state index contributed by atoms with van der Waals surface area (Å²) < 4.78 is 14.3. The van der Waals surface area contributed by atoms with Gasteiger partial charge in [-0.05, 0) is 0 Å². The van der Waals surface area contributed by atoms with Crippen LogP contribution in [0.2, 0.25) is 0 Å². The van der Waals surface area contributed by atoms with Crippen LogP contribution in [0, 0.1) is 0 Å². The third-order valence-electron chi connectivity index (χ3n) is 1.20. The number of benzene rings is 1. The Kier molecular flexibility index (Phi) is 1.64. The van der Waals surface area contributed by atoms with Gasteiger partial charge in [-0.1, -0.05) is 0 Å². The van der Waals surface area contributed by atoms with Crippen LogP contribution in [-0.2, 0) is 0 Å². The maximum atomic E-state index is 9.14. The van der Waals surface area contributed by atoms with Crippen molar-refractivity contribution in [2.75, 3.05) is 0 Å². The van der Waals surface area contributed by atoms with Crippen LogP contribution in [0.5, 0.6) is 5.75 Å². The molecule has 1 aromatic carbocycles. The fourth-order valence-electron chi connectivity index (χ4n) is 0.788. The molecule has 1 aromatic rings. The Labute approximate surface area is 67.2 Å². The molecule has 1 heterocycles. The molecule has 1 atom stereocenters. The van der Waals surface area contributed by atoms with E-state index in [2.05, 4.69) is 0 Å². The van der Waals surface area contributed by atoms with Crippen LogP contribution in [0.25, 0.3) is 0 Å². The van der Waals surface area contributed by atoms with Gasteiger partial charge in [0.2, 0.25) is 0 Å². The molecule has 1 N–H and O–H groups in total. The zero-order chi connectivity index (χ0) is 6.97. The summed E-state index contributed by atoms with van der Waals surface area (Å²) in [4.78, 5) is 1.07. The SMILES string of the molecule is O[As]1Oc2ccccc2S1. The van der Waals surface area contributed by atoms with Gasteiger partial charge in [-0.15, -0.1) is 0 Å². The first-order chi connectivity index (χ1) is 4.86. The van der Waals surface area contributed by atoms with E-state index in [0.717, 1.165) is 10.6 Å². The number of hydrogen-bond acceptors (Lipinski definition) is 3. The summed E-state index contributed by atoms with van der Waals surface area (Å²) in [6, 6.07) is 7.70. The van der Waals surface area contributed by atoms with Crippen molar-refractivity contribution in [2.45, 2.75) is 4.90 Å². The Morgan fingerprint density at radius 3 is 3.00 bits per heavy atom. The molecule has 52 valence electrons. The molecule has 1 aliphatic rings. The van der Waals surface area contributed by atoms with Gasteiger partial charge in [0.05, 0.1) is 0 Å². The first-order valence-corrected chi connectivity index (χ1v) is 7.48. The molecular formula is C6H5AsO2S. The molecule has 0 saturated carbocycles. The summed E-state index contributed by atoms with van der Waals surface area (Å²) in [5.41, 5.74) is 0. The van der Waals surface area contributed by atoms with Crippen molar-refractivity contribution in [1.82, 2.24) is 0 Å². The molecule has 4 heteroatoms. The molecule has 2 rings (SSSR count). The van der Waals surface area contributed by atoms with Crippen LogP contribution >= 0.6 is 10.0 Å². The van der Waals surface area contributed by atoms with Crippen LogP contribution in [0.4, 0.5) is 0 Å². The zero-order valence-corrected chi connectivity index (χ0v) is 7.71. The molecule has 10 heavy (non-hydrogen) atoms. The van der Waals surface area contributed by atoms with Crippen LogP contribution in [0.1, 0.15) is 0 Å². The monoisotopic (exact) mass is 216 g/mol. The van der Waals surface area contributed by atoms with Gasteiger partial charge in [0.15, 0.2) is 0 Å². The van der Waals surface area contributed by atoms with Gasteiger partial charge in [-0.25, -0.2) is 0 Å². The van der Waals surface area contributed by atoms with E-state index < -0.39 is 14.2 Å². The predicted octanol–water partition coefficient (Wildman–Crippen LogP) is 1.15. The van der Waals surface area contributed by atoms with Crippen molar-refractivity contribution in [3.05, 3.63) is 24.3 Å². The Morgan fingerprint density at radius 2 is 2.20 bits per heavy atom. The molecule has 0 saturated heterocycles. The number of hydrogen-bond donors (Lipinski definition) is 1. The van der Waals surface area contributed by atoms with E-state index >= 15 is 0 Å². The van der Waals surface area contributed by atoms with E-state index in [1.54, 1.807) is 0 Å². The van der Waals surface area contributed by atoms with E-state index in [0.29, 0.717) is 0 Å². The van der Waals surface area contributed by atoms with Crippen LogP contribution in [0.15, 0.2) is 29.2 Å². The number of fused-ring (bicyclic) bond motifs is 1. The second-order valence-electron chi connectivity index (χ2n) is 1.87. The molecule has 0 spiro atoms. The summed E-state index contributed by atoms with van der Waals surface area (Å²) in [5.74, 6) is 0.843. The molecule has 0 bridgehead atoms. The first kappa shape index (κ1) is 6.59. The van der Waals surface area contributed by atoms with E-state index in [-0.39, 0.29) is 0 Å². The summed E-state index contributed by atoms with van der Waals surface area (Å²) in [7, 11) is 1.47. The van der Waals surface area contributed by atoms with Crippen molar-refractivity contribution in [2.24, 2.45) is 0 Å². The number of rotatable bonds is 0. The second-order valence-corrected chi connectivity index (χ2v) is 6.64. The summed E-state index contributed by atoms with van der Waals surface area (Å²) in [6.45, 7) is 0. The fourth-order valence-corrected chi connectivity index (χ4v) is 4.81. The van der Waals surface area contributed by atoms with Gasteiger partial charge in [0, 0.05) is 0 Å². The molecule has 0 aromatic heterocycles. The molecule has 0 radical (unpaired) electrons. The third-order valence-corrected chi connectivity index (χ3v) is 5.24. The topological polar surface area (TPSA) is 29.5 Å².